The normalized spacial score (nSPS) is 21.9. The van der Waals surface area contributed by atoms with Crippen LogP contribution in [-0.2, 0) is 4.79 Å². The van der Waals surface area contributed by atoms with Gasteiger partial charge in [0.2, 0.25) is 5.78 Å². The molecule has 0 spiro atoms. The smallest absolute Gasteiger partial charge is 0.335 e. The van der Waals surface area contributed by atoms with E-state index in [4.69, 9.17) is 5.11 Å². The molecule has 1 aromatic carbocycles. The van der Waals surface area contributed by atoms with Gasteiger partial charge in [0.1, 0.15) is 11.6 Å². The summed E-state index contributed by atoms with van der Waals surface area (Å²) in [6, 6.07) is 2.79. The van der Waals surface area contributed by atoms with Crippen molar-refractivity contribution in [1.29, 1.82) is 0 Å². The molecule has 0 saturated heterocycles. The van der Waals surface area contributed by atoms with E-state index in [0.717, 1.165) is 30.5 Å². The van der Waals surface area contributed by atoms with Crippen LogP contribution in [0, 0.1) is 11.6 Å². The van der Waals surface area contributed by atoms with Gasteiger partial charge < -0.3 is 10.2 Å². The Labute approximate surface area is 111 Å². The number of carboxylic acids is 1. The molecule has 2 atom stereocenters. The van der Waals surface area contributed by atoms with Crippen LogP contribution >= 0.6 is 0 Å². The number of hydrogen-bond acceptors (Lipinski definition) is 4. The van der Waals surface area contributed by atoms with E-state index in [0.29, 0.717) is 0 Å². The van der Waals surface area contributed by atoms with Gasteiger partial charge in [-0.15, -0.1) is 0 Å². The number of carbonyl (C=O) groups excluding carboxylic acids is 1. The maximum Gasteiger partial charge on any atom is 0.335 e. The van der Waals surface area contributed by atoms with Crippen LogP contribution in [0.3, 0.4) is 0 Å². The fraction of sp³-hybridized carbons (Fsp3) is 0.154. The fourth-order valence-corrected chi connectivity index (χ4v) is 1.92. The van der Waals surface area contributed by atoms with Gasteiger partial charge in [-0.2, -0.15) is 0 Å². The molecule has 2 rings (SSSR count). The first-order valence-corrected chi connectivity index (χ1v) is 5.53. The highest BCUT2D eigenvalue weighted by molar-refractivity contribution is 6.10. The molecule has 0 amide bonds. The Morgan fingerprint density at radius 1 is 1.25 bits per heavy atom. The van der Waals surface area contributed by atoms with E-state index in [1.54, 1.807) is 0 Å². The number of aliphatic hydroxyl groups excluding tert-OH is 1. The van der Waals surface area contributed by atoms with Gasteiger partial charge in [-0.1, -0.05) is 6.07 Å². The highest BCUT2D eigenvalue weighted by Gasteiger charge is 2.49. The maximum absolute atomic E-state index is 13.6. The number of Topliss-reactive ketones (excluding diaryl/α,β-unsaturated/α-hetero) is 1. The summed E-state index contributed by atoms with van der Waals surface area (Å²) in [6.07, 6.45) is 1.06. The minimum Gasteiger partial charge on any atom is -0.479 e. The third-order valence-electron chi connectivity index (χ3n) is 2.93. The van der Waals surface area contributed by atoms with Gasteiger partial charge in [-0.3, -0.25) is 9.79 Å². The van der Waals surface area contributed by atoms with Gasteiger partial charge in [0.15, 0.2) is 11.6 Å². The summed E-state index contributed by atoms with van der Waals surface area (Å²) in [4.78, 5) is 26.8. The van der Waals surface area contributed by atoms with Crippen LogP contribution in [-0.4, -0.2) is 39.8 Å². The third kappa shape index (κ3) is 2.01. The Balaban J connectivity index is 2.57. The number of aliphatic imine (C=N–C) groups is 1. The topological polar surface area (TPSA) is 87.0 Å². The monoisotopic (exact) mass is 281 g/mol. The lowest BCUT2D eigenvalue weighted by atomic mass is 9.84. The molecule has 0 radical (unpaired) electrons. The van der Waals surface area contributed by atoms with E-state index in [9.17, 15) is 23.5 Å². The summed E-state index contributed by atoms with van der Waals surface area (Å²) >= 11 is 0. The van der Waals surface area contributed by atoms with Crippen LogP contribution in [0.1, 0.15) is 10.4 Å². The van der Waals surface area contributed by atoms with Gasteiger partial charge in [-0.05, 0) is 24.3 Å². The zero-order valence-corrected chi connectivity index (χ0v) is 9.96. The lowest BCUT2D eigenvalue weighted by Gasteiger charge is -2.25. The molecule has 0 aromatic heterocycles. The number of hydrogen-bond donors (Lipinski definition) is 2. The number of allylic oxidation sites excluding steroid dienone is 1. The minimum atomic E-state index is -2.26. The van der Waals surface area contributed by atoms with Crippen molar-refractivity contribution in [3.05, 3.63) is 47.5 Å². The van der Waals surface area contributed by atoms with Gasteiger partial charge in [0.25, 0.3) is 0 Å². The molecule has 7 heteroatoms. The summed E-state index contributed by atoms with van der Waals surface area (Å²) in [7, 11) is 0. The van der Waals surface area contributed by atoms with Crippen LogP contribution < -0.4 is 0 Å². The van der Waals surface area contributed by atoms with Crippen LogP contribution in [0.15, 0.2) is 35.3 Å². The van der Waals surface area contributed by atoms with Crippen LogP contribution in [0.4, 0.5) is 8.78 Å². The first-order chi connectivity index (χ1) is 9.40. The lowest BCUT2D eigenvalue weighted by molar-refractivity contribution is -0.148. The van der Waals surface area contributed by atoms with Crippen molar-refractivity contribution in [2.24, 2.45) is 4.99 Å². The molecule has 1 aromatic rings. The molecule has 104 valence electrons. The predicted octanol–water partition coefficient (Wildman–Crippen LogP) is 0.972. The Morgan fingerprint density at radius 2 is 1.85 bits per heavy atom. The van der Waals surface area contributed by atoms with Crippen molar-refractivity contribution in [3.8, 4) is 0 Å². The number of aliphatic hydroxyl groups is 1. The number of carboxylic acid groups (broad SMARTS) is 1. The van der Waals surface area contributed by atoms with Crippen molar-refractivity contribution in [2.75, 3.05) is 0 Å². The molecule has 1 aliphatic heterocycles. The van der Waals surface area contributed by atoms with Crippen molar-refractivity contribution >= 4 is 18.0 Å². The summed E-state index contributed by atoms with van der Waals surface area (Å²) < 4.78 is 27.2. The number of benzene rings is 1. The molecule has 0 bridgehead atoms. The zero-order valence-electron chi connectivity index (χ0n) is 9.96. The molecule has 0 aliphatic carbocycles. The fourth-order valence-electron chi connectivity index (χ4n) is 1.92. The molecule has 0 saturated carbocycles. The van der Waals surface area contributed by atoms with E-state index >= 15 is 0 Å². The number of halogens is 2. The summed E-state index contributed by atoms with van der Waals surface area (Å²) in [5.74, 6) is -5.28. The van der Waals surface area contributed by atoms with Crippen molar-refractivity contribution < 1.29 is 28.6 Å². The van der Waals surface area contributed by atoms with E-state index in [-0.39, 0.29) is 0 Å². The molecule has 2 N–H and O–H groups in total. The highest BCUT2D eigenvalue weighted by atomic mass is 19.1. The second kappa shape index (κ2) is 4.93. The quantitative estimate of drug-likeness (QED) is 0.805. The number of carbonyl (C=O) groups is 2. The molecule has 1 aliphatic rings. The van der Waals surface area contributed by atoms with E-state index in [1.165, 1.54) is 6.08 Å². The van der Waals surface area contributed by atoms with Crippen LogP contribution in [0.2, 0.25) is 0 Å². The van der Waals surface area contributed by atoms with Gasteiger partial charge in [0, 0.05) is 6.21 Å². The van der Waals surface area contributed by atoms with Crippen LogP contribution in [0.25, 0.3) is 0 Å². The predicted molar refractivity (Wildman–Crippen MR) is 64.7 cm³/mol. The Hall–Kier alpha value is -2.41. The largest absolute Gasteiger partial charge is 0.479 e. The summed E-state index contributed by atoms with van der Waals surface area (Å²) in [5, 5.41) is 18.5. The Bertz CT molecular complexity index is 607. The summed E-state index contributed by atoms with van der Waals surface area (Å²) in [5.41, 5.74) is -3.19. The lowest BCUT2D eigenvalue weighted by Crippen LogP contribution is -2.50. The minimum absolute atomic E-state index is 0.861. The molecule has 0 fully saturated rings. The van der Waals surface area contributed by atoms with Crippen molar-refractivity contribution in [1.82, 2.24) is 0 Å². The average molecular weight is 281 g/mol. The zero-order chi connectivity index (χ0) is 14.9. The molecule has 1 heterocycles. The van der Waals surface area contributed by atoms with Crippen molar-refractivity contribution in [2.45, 2.75) is 11.6 Å². The molecule has 2 unspecified atom stereocenters. The SMILES string of the molecule is O=C(O)C(O)C1(C(=O)c2c(F)cccc2F)C=CC=N1. The molecule has 20 heavy (non-hydrogen) atoms. The first-order valence-electron chi connectivity index (χ1n) is 5.53. The number of rotatable bonds is 4. The van der Waals surface area contributed by atoms with Gasteiger partial charge in [0.05, 0.1) is 5.56 Å². The maximum atomic E-state index is 13.6. The second-order valence-corrected chi connectivity index (χ2v) is 4.13. The van der Waals surface area contributed by atoms with E-state index in [1.807, 2.05) is 0 Å². The highest BCUT2D eigenvalue weighted by Crippen LogP contribution is 2.29. The third-order valence-corrected chi connectivity index (χ3v) is 2.93. The van der Waals surface area contributed by atoms with Crippen LogP contribution in [0.5, 0.6) is 0 Å². The summed E-state index contributed by atoms with van der Waals surface area (Å²) in [6.45, 7) is 0. The molecular weight excluding hydrogens is 272 g/mol. The Morgan fingerprint density at radius 3 is 2.30 bits per heavy atom. The number of aliphatic carboxylic acids is 1. The van der Waals surface area contributed by atoms with E-state index in [2.05, 4.69) is 4.99 Å². The average Bonchev–Trinajstić information content (AvgIpc) is 2.87. The second-order valence-electron chi connectivity index (χ2n) is 4.13. The standard InChI is InChI=1S/C13H9F2NO4/c14-7-3-1-4-8(15)9(7)10(17)13(5-2-6-16-13)11(18)12(19)20/h1-6,11,18H,(H,19,20). The molecule has 5 nitrogen and oxygen atoms in total. The van der Waals surface area contributed by atoms with Gasteiger partial charge >= 0.3 is 5.97 Å². The number of nitrogens with zero attached hydrogens (tertiary/aromatic N) is 1. The number of ketones is 1. The first kappa shape index (κ1) is 14.0. The Kier molecular flexibility index (Phi) is 3.46. The molecular formula is C13H9F2NO4. The van der Waals surface area contributed by atoms with E-state index < -0.39 is 40.6 Å². The van der Waals surface area contributed by atoms with Crippen molar-refractivity contribution in [3.63, 3.8) is 0 Å². The van der Waals surface area contributed by atoms with Gasteiger partial charge in [-0.25, -0.2) is 13.6 Å².